The van der Waals surface area contributed by atoms with Crippen molar-refractivity contribution in [3.05, 3.63) is 11.1 Å². The molecule has 3 N–H and O–H groups in total. The van der Waals surface area contributed by atoms with E-state index in [4.69, 9.17) is 17.4 Å². The molecule has 1 heterocycles. The van der Waals surface area contributed by atoms with Crippen molar-refractivity contribution in [2.75, 3.05) is 6.54 Å². The Kier molecular flexibility index (Phi) is 3.68. The van der Waals surface area contributed by atoms with Crippen molar-refractivity contribution in [3.8, 4) is 0 Å². The van der Waals surface area contributed by atoms with Crippen LogP contribution < -0.4 is 11.3 Å². The van der Waals surface area contributed by atoms with Crippen LogP contribution in [-0.2, 0) is 14.4 Å². The molecule has 1 aliphatic heterocycles. The average Bonchev–Trinajstić information content (AvgIpc) is 2.59. The van der Waals surface area contributed by atoms with Crippen LogP contribution in [0.3, 0.4) is 0 Å². The zero-order valence-corrected chi connectivity index (χ0v) is 10.4. The molecule has 1 aliphatic carbocycles. The number of likely N-dealkylation sites (tertiary alicyclic amines) is 1. The second-order valence-corrected chi connectivity index (χ2v) is 4.93. The molecule has 0 aromatic carbocycles. The van der Waals surface area contributed by atoms with Crippen LogP contribution in [0.1, 0.15) is 19.3 Å². The fourth-order valence-electron chi connectivity index (χ4n) is 2.40. The number of nitrogens with zero attached hydrogens (tertiary/aromatic N) is 1. The number of amides is 3. The van der Waals surface area contributed by atoms with Crippen molar-refractivity contribution in [2.45, 2.75) is 19.3 Å². The molecule has 98 valence electrons. The monoisotopic (exact) mass is 271 g/mol. The van der Waals surface area contributed by atoms with Crippen LogP contribution in [0.2, 0.25) is 0 Å². The van der Waals surface area contributed by atoms with Crippen molar-refractivity contribution in [1.82, 2.24) is 10.3 Å². The smallest absolute Gasteiger partial charge is 0.235 e. The van der Waals surface area contributed by atoms with Crippen molar-refractivity contribution < 1.29 is 14.4 Å². The number of allylic oxidation sites excluding steroid dienone is 2. The number of rotatable bonds is 3. The molecule has 2 aliphatic rings. The molecule has 0 saturated carbocycles. The molecular formula is C11H14ClN3O3. The third kappa shape index (κ3) is 2.26. The summed E-state index contributed by atoms with van der Waals surface area (Å²) >= 11 is 5.89. The summed E-state index contributed by atoms with van der Waals surface area (Å²) in [6.45, 7) is 0.0747. The Morgan fingerprint density at radius 1 is 1.44 bits per heavy atom. The molecule has 2 atom stereocenters. The Balaban J connectivity index is 2.05. The molecule has 18 heavy (non-hydrogen) atoms. The first kappa shape index (κ1) is 13.0. The number of hydrogen-bond donors (Lipinski definition) is 2. The molecule has 0 radical (unpaired) electrons. The highest BCUT2D eigenvalue weighted by atomic mass is 35.5. The van der Waals surface area contributed by atoms with Gasteiger partial charge in [0.2, 0.25) is 17.7 Å². The first-order chi connectivity index (χ1) is 8.54. The van der Waals surface area contributed by atoms with Gasteiger partial charge in [0.1, 0.15) is 0 Å². The van der Waals surface area contributed by atoms with Gasteiger partial charge in [-0.3, -0.25) is 24.7 Å². The maximum absolute atomic E-state index is 12.1. The highest BCUT2D eigenvalue weighted by Crippen LogP contribution is 2.38. The van der Waals surface area contributed by atoms with Crippen molar-refractivity contribution in [2.24, 2.45) is 17.7 Å². The summed E-state index contributed by atoms with van der Waals surface area (Å²) in [7, 11) is 0. The van der Waals surface area contributed by atoms with Gasteiger partial charge in [-0.25, -0.2) is 5.84 Å². The molecule has 0 bridgehead atoms. The van der Waals surface area contributed by atoms with E-state index in [1.165, 1.54) is 0 Å². The Hall–Kier alpha value is -1.40. The van der Waals surface area contributed by atoms with E-state index in [9.17, 15) is 14.4 Å². The molecule has 1 saturated heterocycles. The third-order valence-electron chi connectivity index (χ3n) is 3.38. The summed E-state index contributed by atoms with van der Waals surface area (Å²) < 4.78 is 0. The van der Waals surface area contributed by atoms with Crippen LogP contribution in [0.15, 0.2) is 11.1 Å². The van der Waals surface area contributed by atoms with Crippen LogP contribution in [0.25, 0.3) is 0 Å². The second kappa shape index (κ2) is 5.07. The summed E-state index contributed by atoms with van der Waals surface area (Å²) in [6, 6.07) is 0. The van der Waals surface area contributed by atoms with E-state index >= 15 is 0 Å². The van der Waals surface area contributed by atoms with Crippen molar-refractivity contribution >= 4 is 29.3 Å². The Morgan fingerprint density at radius 3 is 2.78 bits per heavy atom. The summed E-state index contributed by atoms with van der Waals surface area (Å²) in [4.78, 5) is 36.3. The average molecular weight is 272 g/mol. The van der Waals surface area contributed by atoms with E-state index in [0.29, 0.717) is 17.9 Å². The van der Waals surface area contributed by atoms with Gasteiger partial charge in [-0.2, -0.15) is 0 Å². The lowest BCUT2D eigenvalue weighted by molar-refractivity contribution is -0.140. The highest BCUT2D eigenvalue weighted by molar-refractivity contribution is 6.30. The van der Waals surface area contributed by atoms with E-state index in [1.807, 2.05) is 5.43 Å². The quantitative estimate of drug-likeness (QED) is 0.324. The van der Waals surface area contributed by atoms with Crippen molar-refractivity contribution in [3.63, 3.8) is 0 Å². The Morgan fingerprint density at radius 2 is 2.11 bits per heavy atom. The summed E-state index contributed by atoms with van der Waals surface area (Å²) in [5.74, 6) is 3.41. The third-order valence-corrected chi connectivity index (χ3v) is 3.69. The predicted molar refractivity (Wildman–Crippen MR) is 63.8 cm³/mol. The molecule has 7 heteroatoms. The number of carbonyl (C=O) groups excluding carboxylic acids is 3. The molecule has 0 unspecified atom stereocenters. The molecule has 3 amide bonds. The highest BCUT2D eigenvalue weighted by Gasteiger charge is 2.48. The molecule has 2 rings (SSSR count). The normalized spacial score (nSPS) is 27.0. The number of hydrazine groups is 1. The van der Waals surface area contributed by atoms with Crippen LogP contribution >= 0.6 is 11.6 Å². The maximum Gasteiger partial charge on any atom is 0.235 e. The van der Waals surface area contributed by atoms with E-state index < -0.39 is 5.91 Å². The van der Waals surface area contributed by atoms with Crippen LogP contribution in [0.5, 0.6) is 0 Å². The lowest BCUT2D eigenvalue weighted by Gasteiger charge is -2.17. The minimum Gasteiger partial charge on any atom is -0.294 e. The number of fused-ring (bicyclic) bond motifs is 1. The number of nitrogens with one attached hydrogen (secondary N) is 1. The van der Waals surface area contributed by atoms with Gasteiger partial charge in [0.15, 0.2) is 0 Å². The van der Waals surface area contributed by atoms with E-state index in [1.54, 1.807) is 6.08 Å². The van der Waals surface area contributed by atoms with E-state index in [-0.39, 0.29) is 36.6 Å². The largest absolute Gasteiger partial charge is 0.294 e. The Bertz CT molecular complexity index is 435. The number of hydrogen-bond acceptors (Lipinski definition) is 4. The minimum absolute atomic E-state index is 0.0224. The van der Waals surface area contributed by atoms with Crippen LogP contribution in [-0.4, -0.2) is 29.2 Å². The van der Waals surface area contributed by atoms with Crippen LogP contribution in [0.4, 0.5) is 0 Å². The standard InChI is InChI=1S/C11H14ClN3O3/c12-6-1-2-7-8(5-6)11(18)15(10(7)17)4-3-9(16)14-13/h1,7-8H,2-5,13H2,(H,14,16)/t7-,8-/m1/s1. The van der Waals surface area contributed by atoms with Gasteiger partial charge in [0.05, 0.1) is 11.8 Å². The van der Waals surface area contributed by atoms with E-state index in [2.05, 4.69) is 0 Å². The first-order valence-electron chi connectivity index (χ1n) is 5.73. The molecule has 0 spiro atoms. The molecular weight excluding hydrogens is 258 g/mol. The molecule has 1 fully saturated rings. The topological polar surface area (TPSA) is 92.5 Å². The van der Waals surface area contributed by atoms with Gasteiger partial charge in [0.25, 0.3) is 0 Å². The molecule has 0 aromatic heterocycles. The molecule has 6 nitrogen and oxygen atoms in total. The van der Waals surface area contributed by atoms with Gasteiger partial charge in [-0.15, -0.1) is 0 Å². The zero-order valence-electron chi connectivity index (χ0n) is 9.69. The van der Waals surface area contributed by atoms with Gasteiger partial charge < -0.3 is 0 Å². The minimum atomic E-state index is -0.401. The lowest BCUT2D eigenvalue weighted by Crippen LogP contribution is -2.37. The maximum atomic E-state index is 12.1. The number of halogens is 1. The van der Waals surface area contributed by atoms with Gasteiger partial charge in [-0.05, 0) is 12.8 Å². The number of imide groups is 1. The van der Waals surface area contributed by atoms with Crippen LogP contribution in [0, 0.1) is 11.8 Å². The van der Waals surface area contributed by atoms with Gasteiger partial charge >= 0.3 is 0 Å². The van der Waals surface area contributed by atoms with Gasteiger partial charge in [-0.1, -0.05) is 17.7 Å². The first-order valence-corrected chi connectivity index (χ1v) is 6.11. The SMILES string of the molecule is NNC(=O)CCN1C(=O)[C@@H]2CC=C(Cl)C[C@H]2C1=O. The second-order valence-electron chi connectivity index (χ2n) is 4.45. The van der Waals surface area contributed by atoms with E-state index in [0.717, 1.165) is 4.90 Å². The summed E-state index contributed by atoms with van der Waals surface area (Å²) in [6.07, 6.45) is 2.71. The van der Waals surface area contributed by atoms with Gasteiger partial charge in [0, 0.05) is 18.0 Å². The summed E-state index contributed by atoms with van der Waals surface area (Å²) in [5, 5.41) is 0.624. The van der Waals surface area contributed by atoms with Crippen molar-refractivity contribution in [1.29, 1.82) is 0 Å². The predicted octanol–water partition coefficient (Wildman–Crippen LogP) is -0.116. The summed E-state index contributed by atoms with van der Waals surface area (Å²) in [5.41, 5.74) is 1.97. The number of carbonyl (C=O) groups is 3. The zero-order chi connectivity index (χ0) is 13.3. The fourth-order valence-corrected chi connectivity index (χ4v) is 2.66. The lowest BCUT2D eigenvalue weighted by atomic mass is 9.85. The Labute approximate surface area is 109 Å². The number of nitrogens with two attached hydrogens (primary N) is 1. The molecule has 0 aromatic rings. The fraction of sp³-hybridized carbons (Fsp3) is 0.545.